The fourth-order valence-electron chi connectivity index (χ4n) is 2.99. The van der Waals surface area contributed by atoms with Gasteiger partial charge in [-0.25, -0.2) is 0 Å². The van der Waals surface area contributed by atoms with Crippen molar-refractivity contribution in [2.24, 2.45) is 5.92 Å². The third kappa shape index (κ3) is 2.34. The number of aliphatic hydroxyl groups excluding tert-OH is 1. The minimum Gasteiger partial charge on any atom is -0.396 e. The van der Waals surface area contributed by atoms with Gasteiger partial charge in [0.05, 0.1) is 11.3 Å². The van der Waals surface area contributed by atoms with Gasteiger partial charge in [0.25, 0.3) is 0 Å². The lowest BCUT2D eigenvalue weighted by Gasteiger charge is -2.34. The maximum atomic E-state index is 9.20. The molecule has 0 amide bonds. The lowest BCUT2D eigenvalue weighted by Crippen LogP contribution is -2.38. The van der Waals surface area contributed by atoms with Crippen molar-refractivity contribution in [3.8, 4) is 6.07 Å². The van der Waals surface area contributed by atoms with Crippen LogP contribution in [0.4, 0.5) is 5.69 Å². The topological polar surface area (TPSA) is 47.3 Å². The molecule has 3 heteroatoms. The van der Waals surface area contributed by atoms with E-state index in [4.69, 9.17) is 5.11 Å². The van der Waals surface area contributed by atoms with Gasteiger partial charge in [0, 0.05) is 18.7 Å². The molecule has 0 aliphatic carbocycles. The number of hydrogen-bond acceptors (Lipinski definition) is 3. The van der Waals surface area contributed by atoms with Crippen LogP contribution in [0.3, 0.4) is 0 Å². The minimum atomic E-state index is 0.0484. The van der Waals surface area contributed by atoms with E-state index in [-0.39, 0.29) is 12.1 Å². The van der Waals surface area contributed by atoms with Gasteiger partial charge < -0.3 is 10.0 Å². The first kappa shape index (κ1) is 12.9. The van der Waals surface area contributed by atoms with E-state index in [2.05, 4.69) is 24.8 Å². The SMILES string of the molecule is CC1(C)CC(CCO)CN1c1ccccc1C#N. The standard InChI is InChI=1S/C15H20N2O/c1-15(2)9-12(7-8-18)11-17(15)14-6-4-3-5-13(14)10-16/h3-6,12,18H,7-9,11H2,1-2H3. The van der Waals surface area contributed by atoms with Crippen LogP contribution < -0.4 is 4.90 Å². The Hall–Kier alpha value is -1.53. The predicted molar refractivity (Wildman–Crippen MR) is 72.4 cm³/mol. The van der Waals surface area contributed by atoms with E-state index < -0.39 is 0 Å². The Bertz CT molecular complexity index is 462. The smallest absolute Gasteiger partial charge is 0.101 e. The number of benzene rings is 1. The van der Waals surface area contributed by atoms with Crippen LogP contribution in [-0.4, -0.2) is 23.8 Å². The Morgan fingerprint density at radius 3 is 2.83 bits per heavy atom. The van der Waals surface area contributed by atoms with Crippen molar-refractivity contribution in [1.82, 2.24) is 0 Å². The second kappa shape index (κ2) is 4.99. The number of para-hydroxylation sites is 1. The van der Waals surface area contributed by atoms with E-state index in [0.717, 1.165) is 30.6 Å². The summed E-state index contributed by atoms with van der Waals surface area (Å²) in [5.74, 6) is 0.511. The fraction of sp³-hybridized carbons (Fsp3) is 0.533. The van der Waals surface area contributed by atoms with E-state index in [1.807, 2.05) is 24.3 Å². The second-order valence-electron chi connectivity index (χ2n) is 5.63. The molecule has 1 saturated heterocycles. The van der Waals surface area contributed by atoms with Crippen LogP contribution in [0.25, 0.3) is 0 Å². The maximum Gasteiger partial charge on any atom is 0.101 e. The van der Waals surface area contributed by atoms with Crippen molar-refractivity contribution in [3.63, 3.8) is 0 Å². The summed E-state index contributed by atoms with van der Waals surface area (Å²) in [7, 11) is 0. The molecule has 1 aliphatic rings. The molecule has 1 atom stereocenters. The average Bonchev–Trinajstić information content (AvgIpc) is 2.64. The Labute approximate surface area is 109 Å². The zero-order chi connectivity index (χ0) is 13.2. The average molecular weight is 244 g/mol. The highest BCUT2D eigenvalue weighted by atomic mass is 16.3. The van der Waals surface area contributed by atoms with Gasteiger partial charge in [0.1, 0.15) is 6.07 Å². The number of rotatable bonds is 3. The van der Waals surface area contributed by atoms with Crippen LogP contribution in [0.1, 0.15) is 32.3 Å². The molecule has 1 heterocycles. The first-order valence-corrected chi connectivity index (χ1v) is 6.46. The molecular weight excluding hydrogens is 224 g/mol. The lowest BCUT2D eigenvalue weighted by atomic mass is 9.94. The van der Waals surface area contributed by atoms with Crippen LogP contribution in [0, 0.1) is 17.2 Å². The van der Waals surface area contributed by atoms with E-state index >= 15 is 0 Å². The van der Waals surface area contributed by atoms with E-state index in [9.17, 15) is 5.26 Å². The van der Waals surface area contributed by atoms with Gasteiger partial charge in [-0.2, -0.15) is 5.26 Å². The first-order valence-electron chi connectivity index (χ1n) is 6.46. The summed E-state index contributed by atoms with van der Waals surface area (Å²) in [6.45, 7) is 5.58. The van der Waals surface area contributed by atoms with Gasteiger partial charge in [-0.1, -0.05) is 12.1 Å². The zero-order valence-electron chi connectivity index (χ0n) is 11.1. The molecule has 3 nitrogen and oxygen atoms in total. The third-order valence-corrected chi connectivity index (χ3v) is 3.81. The highest BCUT2D eigenvalue weighted by molar-refractivity contribution is 5.61. The van der Waals surface area contributed by atoms with Gasteiger partial charge in [0.2, 0.25) is 0 Å². The molecule has 0 radical (unpaired) electrons. The number of hydrogen-bond donors (Lipinski definition) is 1. The molecule has 2 rings (SSSR count). The Balaban J connectivity index is 2.30. The van der Waals surface area contributed by atoms with Crippen molar-refractivity contribution >= 4 is 5.69 Å². The largest absolute Gasteiger partial charge is 0.396 e. The van der Waals surface area contributed by atoms with Gasteiger partial charge >= 0.3 is 0 Å². The normalized spacial score (nSPS) is 21.9. The summed E-state index contributed by atoms with van der Waals surface area (Å²) >= 11 is 0. The predicted octanol–water partition coefficient (Wildman–Crippen LogP) is 2.55. The van der Waals surface area contributed by atoms with Crippen molar-refractivity contribution < 1.29 is 5.11 Å². The molecule has 0 spiro atoms. The van der Waals surface area contributed by atoms with Gasteiger partial charge in [-0.3, -0.25) is 0 Å². The highest BCUT2D eigenvalue weighted by Gasteiger charge is 2.38. The summed E-state index contributed by atoms with van der Waals surface area (Å²) < 4.78 is 0. The van der Waals surface area contributed by atoms with Crippen LogP contribution in [-0.2, 0) is 0 Å². The molecule has 0 aromatic heterocycles. The Morgan fingerprint density at radius 1 is 1.44 bits per heavy atom. The maximum absolute atomic E-state index is 9.20. The molecule has 0 bridgehead atoms. The number of nitrogens with zero attached hydrogens (tertiary/aromatic N) is 2. The van der Waals surface area contributed by atoms with Gasteiger partial charge in [-0.05, 0) is 44.7 Å². The van der Waals surface area contributed by atoms with E-state index in [1.54, 1.807) is 0 Å². The molecule has 1 N–H and O–H groups in total. The number of nitriles is 1. The molecule has 0 saturated carbocycles. The van der Waals surface area contributed by atoms with Crippen LogP contribution in [0.5, 0.6) is 0 Å². The summed E-state index contributed by atoms with van der Waals surface area (Å²) in [6.07, 6.45) is 1.90. The lowest BCUT2D eigenvalue weighted by molar-refractivity contribution is 0.259. The summed E-state index contributed by atoms with van der Waals surface area (Å²) in [5, 5.41) is 18.3. The molecule has 1 aromatic rings. The van der Waals surface area contributed by atoms with Gasteiger partial charge in [-0.15, -0.1) is 0 Å². The van der Waals surface area contributed by atoms with Crippen LogP contribution >= 0.6 is 0 Å². The molecule has 1 aliphatic heterocycles. The summed E-state index contributed by atoms with van der Waals surface area (Å²) in [5.41, 5.74) is 1.80. The molecule has 18 heavy (non-hydrogen) atoms. The Kier molecular flexibility index (Phi) is 3.58. The molecule has 1 fully saturated rings. The summed E-state index contributed by atoms with van der Waals surface area (Å²) in [4.78, 5) is 2.31. The first-order chi connectivity index (χ1) is 8.58. The number of anilines is 1. The quantitative estimate of drug-likeness (QED) is 0.888. The third-order valence-electron chi connectivity index (χ3n) is 3.81. The van der Waals surface area contributed by atoms with Crippen molar-refractivity contribution in [2.45, 2.75) is 32.2 Å². The molecular formula is C15H20N2O. The van der Waals surface area contributed by atoms with Crippen LogP contribution in [0.2, 0.25) is 0 Å². The Morgan fingerprint density at radius 2 is 2.17 bits per heavy atom. The van der Waals surface area contributed by atoms with Crippen molar-refractivity contribution in [3.05, 3.63) is 29.8 Å². The minimum absolute atomic E-state index is 0.0484. The van der Waals surface area contributed by atoms with Crippen molar-refractivity contribution in [2.75, 3.05) is 18.1 Å². The molecule has 1 unspecified atom stereocenters. The van der Waals surface area contributed by atoms with Crippen LogP contribution in [0.15, 0.2) is 24.3 Å². The van der Waals surface area contributed by atoms with Gasteiger partial charge in [0.15, 0.2) is 0 Å². The fourth-order valence-corrected chi connectivity index (χ4v) is 2.99. The molecule has 96 valence electrons. The monoisotopic (exact) mass is 244 g/mol. The zero-order valence-corrected chi connectivity index (χ0v) is 11.1. The highest BCUT2D eigenvalue weighted by Crippen LogP contribution is 2.39. The number of aliphatic hydroxyl groups is 1. The van der Waals surface area contributed by atoms with Crippen molar-refractivity contribution in [1.29, 1.82) is 5.26 Å². The van der Waals surface area contributed by atoms with E-state index in [0.29, 0.717) is 5.92 Å². The molecule has 1 aromatic carbocycles. The van der Waals surface area contributed by atoms with E-state index in [1.165, 1.54) is 0 Å². The second-order valence-corrected chi connectivity index (χ2v) is 5.63. The summed E-state index contributed by atoms with van der Waals surface area (Å²) in [6, 6.07) is 10.0.